The van der Waals surface area contributed by atoms with Crippen molar-refractivity contribution >= 4 is 15.9 Å². The minimum absolute atomic E-state index is 0.233. The SMILES string of the molecule is N[C@H](CC(F)(F)F)c1cc(Br)ccn1. The fourth-order valence-corrected chi connectivity index (χ4v) is 1.33. The molecule has 1 atom stereocenters. The summed E-state index contributed by atoms with van der Waals surface area (Å²) >= 11 is 3.13. The molecule has 0 fully saturated rings. The molecule has 0 bridgehead atoms. The van der Waals surface area contributed by atoms with Crippen molar-refractivity contribution in [3.05, 3.63) is 28.5 Å². The molecule has 1 heterocycles. The van der Waals surface area contributed by atoms with Gasteiger partial charge in [0.2, 0.25) is 0 Å². The Morgan fingerprint density at radius 1 is 1.50 bits per heavy atom. The fraction of sp³-hybridized carbons (Fsp3) is 0.375. The first-order valence-electron chi connectivity index (χ1n) is 3.82. The van der Waals surface area contributed by atoms with Gasteiger partial charge in [0.1, 0.15) is 0 Å². The number of halogens is 4. The van der Waals surface area contributed by atoms with Gasteiger partial charge in [-0.05, 0) is 12.1 Å². The van der Waals surface area contributed by atoms with Crippen molar-refractivity contribution in [2.24, 2.45) is 5.73 Å². The van der Waals surface area contributed by atoms with Crippen LogP contribution in [0.1, 0.15) is 18.2 Å². The summed E-state index contributed by atoms with van der Waals surface area (Å²) in [5, 5.41) is 0. The van der Waals surface area contributed by atoms with Crippen LogP contribution in [0.15, 0.2) is 22.8 Å². The summed E-state index contributed by atoms with van der Waals surface area (Å²) in [6.07, 6.45) is -3.91. The molecule has 1 aromatic rings. The topological polar surface area (TPSA) is 38.9 Å². The van der Waals surface area contributed by atoms with E-state index in [-0.39, 0.29) is 5.69 Å². The summed E-state index contributed by atoms with van der Waals surface area (Å²) in [6.45, 7) is 0. The average molecular weight is 269 g/mol. The highest BCUT2D eigenvalue weighted by Crippen LogP contribution is 2.27. The van der Waals surface area contributed by atoms with Gasteiger partial charge in [0.25, 0.3) is 0 Å². The molecule has 78 valence electrons. The molecule has 0 amide bonds. The Bertz CT molecular complexity index is 314. The minimum atomic E-state index is -4.26. The van der Waals surface area contributed by atoms with Crippen LogP contribution in [-0.2, 0) is 0 Å². The van der Waals surface area contributed by atoms with E-state index in [0.717, 1.165) is 0 Å². The molecule has 2 nitrogen and oxygen atoms in total. The summed E-state index contributed by atoms with van der Waals surface area (Å²) in [4.78, 5) is 3.77. The molecule has 1 aromatic heterocycles. The van der Waals surface area contributed by atoms with Gasteiger partial charge in [0, 0.05) is 10.7 Å². The van der Waals surface area contributed by atoms with Crippen LogP contribution < -0.4 is 5.73 Å². The van der Waals surface area contributed by atoms with Gasteiger partial charge in [-0.3, -0.25) is 4.98 Å². The summed E-state index contributed by atoms with van der Waals surface area (Å²) in [5.41, 5.74) is 5.58. The predicted molar refractivity (Wildman–Crippen MR) is 49.5 cm³/mol. The van der Waals surface area contributed by atoms with E-state index in [0.29, 0.717) is 4.47 Å². The van der Waals surface area contributed by atoms with E-state index in [2.05, 4.69) is 20.9 Å². The van der Waals surface area contributed by atoms with Crippen molar-refractivity contribution in [3.63, 3.8) is 0 Å². The third-order valence-electron chi connectivity index (χ3n) is 1.57. The van der Waals surface area contributed by atoms with E-state index in [1.165, 1.54) is 12.3 Å². The Hall–Kier alpha value is -0.620. The van der Waals surface area contributed by atoms with Gasteiger partial charge in [-0.15, -0.1) is 0 Å². The maximum Gasteiger partial charge on any atom is 0.390 e. The molecule has 6 heteroatoms. The lowest BCUT2D eigenvalue weighted by molar-refractivity contribution is -0.138. The molecule has 0 aliphatic carbocycles. The number of nitrogens with zero attached hydrogens (tertiary/aromatic N) is 1. The van der Waals surface area contributed by atoms with E-state index in [9.17, 15) is 13.2 Å². The summed E-state index contributed by atoms with van der Waals surface area (Å²) in [6, 6.07) is 2.01. The predicted octanol–water partition coefficient (Wildman–Crippen LogP) is 2.80. The largest absolute Gasteiger partial charge is 0.390 e. The fourth-order valence-electron chi connectivity index (χ4n) is 0.978. The third-order valence-corrected chi connectivity index (χ3v) is 2.07. The lowest BCUT2D eigenvalue weighted by Crippen LogP contribution is -2.21. The smallest absolute Gasteiger partial charge is 0.322 e. The average Bonchev–Trinajstić information content (AvgIpc) is 2.01. The third kappa shape index (κ3) is 3.63. The molecule has 0 saturated heterocycles. The van der Waals surface area contributed by atoms with Crippen molar-refractivity contribution in [1.29, 1.82) is 0 Å². The number of aromatic nitrogens is 1. The van der Waals surface area contributed by atoms with E-state index >= 15 is 0 Å². The maximum absolute atomic E-state index is 12.0. The second-order valence-electron chi connectivity index (χ2n) is 2.82. The highest BCUT2D eigenvalue weighted by molar-refractivity contribution is 9.10. The Kier molecular flexibility index (Phi) is 3.49. The lowest BCUT2D eigenvalue weighted by Gasteiger charge is -2.13. The number of hydrogen-bond donors (Lipinski definition) is 1. The van der Waals surface area contributed by atoms with Crippen LogP contribution >= 0.6 is 15.9 Å². The van der Waals surface area contributed by atoms with E-state index < -0.39 is 18.6 Å². The first kappa shape index (κ1) is 11.5. The molecule has 0 saturated carbocycles. The van der Waals surface area contributed by atoms with Crippen LogP contribution in [0.3, 0.4) is 0 Å². The van der Waals surface area contributed by atoms with Gasteiger partial charge in [0.15, 0.2) is 0 Å². The van der Waals surface area contributed by atoms with Crippen molar-refractivity contribution in [1.82, 2.24) is 4.98 Å². The lowest BCUT2D eigenvalue weighted by atomic mass is 10.1. The summed E-state index contributed by atoms with van der Waals surface area (Å²) < 4.78 is 36.6. The zero-order valence-corrected chi connectivity index (χ0v) is 8.64. The van der Waals surface area contributed by atoms with Gasteiger partial charge in [-0.1, -0.05) is 15.9 Å². The molecule has 0 unspecified atom stereocenters. The van der Waals surface area contributed by atoms with Gasteiger partial charge >= 0.3 is 6.18 Å². The monoisotopic (exact) mass is 268 g/mol. The van der Waals surface area contributed by atoms with Crippen LogP contribution in [0.25, 0.3) is 0 Å². The highest BCUT2D eigenvalue weighted by Gasteiger charge is 2.31. The van der Waals surface area contributed by atoms with Gasteiger partial charge in [0.05, 0.1) is 18.2 Å². The molecule has 0 aliphatic heterocycles. The molecule has 0 spiro atoms. The number of pyridine rings is 1. The zero-order chi connectivity index (χ0) is 10.8. The number of alkyl halides is 3. The van der Waals surface area contributed by atoms with E-state index in [1.807, 2.05) is 0 Å². The van der Waals surface area contributed by atoms with Crippen LogP contribution in [0.2, 0.25) is 0 Å². The first-order chi connectivity index (χ1) is 6.38. The standard InChI is InChI=1S/C8H8BrF3N2/c9-5-1-2-14-7(3-5)6(13)4-8(10,11)12/h1-3,6H,4,13H2/t6-/m1/s1. The van der Waals surface area contributed by atoms with Gasteiger partial charge in [-0.25, -0.2) is 0 Å². The van der Waals surface area contributed by atoms with E-state index in [4.69, 9.17) is 5.73 Å². The Balaban J connectivity index is 2.74. The Morgan fingerprint density at radius 2 is 2.14 bits per heavy atom. The minimum Gasteiger partial charge on any atom is -0.322 e. The van der Waals surface area contributed by atoms with Crippen LogP contribution in [-0.4, -0.2) is 11.2 Å². The molecular formula is C8H8BrF3N2. The van der Waals surface area contributed by atoms with Gasteiger partial charge < -0.3 is 5.73 Å². The quantitative estimate of drug-likeness (QED) is 0.896. The summed E-state index contributed by atoms with van der Waals surface area (Å²) in [7, 11) is 0. The van der Waals surface area contributed by atoms with Crippen molar-refractivity contribution in [2.45, 2.75) is 18.6 Å². The van der Waals surface area contributed by atoms with Crippen LogP contribution in [0.4, 0.5) is 13.2 Å². The maximum atomic E-state index is 12.0. The van der Waals surface area contributed by atoms with Crippen molar-refractivity contribution < 1.29 is 13.2 Å². The second kappa shape index (κ2) is 4.27. The van der Waals surface area contributed by atoms with Crippen LogP contribution in [0, 0.1) is 0 Å². The zero-order valence-electron chi connectivity index (χ0n) is 7.05. The molecular weight excluding hydrogens is 261 g/mol. The number of nitrogens with two attached hydrogens (primary N) is 1. The molecule has 2 N–H and O–H groups in total. The molecule has 0 radical (unpaired) electrons. The summed E-state index contributed by atoms with van der Waals surface area (Å²) in [5.74, 6) is 0. The molecule has 1 rings (SSSR count). The number of hydrogen-bond acceptors (Lipinski definition) is 2. The van der Waals surface area contributed by atoms with E-state index in [1.54, 1.807) is 6.07 Å². The molecule has 0 aromatic carbocycles. The first-order valence-corrected chi connectivity index (χ1v) is 4.61. The van der Waals surface area contributed by atoms with Crippen molar-refractivity contribution in [2.75, 3.05) is 0 Å². The number of rotatable bonds is 2. The highest BCUT2D eigenvalue weighted by atomic mass is 79.9. The molecule has 14 heavy (non-hydrogen) atoms. The Labute approximate surface area is 87.4 Å². The second-order valence-corrected chi connectivity index (χ2v) is 3.74. The van der Waals surface area contributed by atoms with Crippen LogP contribution in [0.5, 0.6) is 0 Å². The van der Waals surface area contributed by atoms with Crippen molar-refractivity contribution in [3.8, 4) is 0 Å². The normalized spacial score (nSPS) is 14.1. The van der Waals surface area contributed by atoms with Gasteiger partial charge in [-0.2, -0.15) is 13.2 Å². The Morgan fingerprint density at radius 3 is 2.64 bits per heavy atom. The molecule has 0 aliphatic rings.